The number of nitrogens with zero attached hydrogens (tertiary/aromatic N) is 3. The van der Waals surface area contributed by atoms with Gasteiger partial charge in [0.1, 0.15) is 17.3 Å². The standard InChI is InChI=1S/C17H16ClN3O2/c1-21(14-9-8-11(22-2)10-15(14)23-3)16-12-6-4-5-7-13(12)19-17(18)20-16/h4-10H,1-3H3. The molecule has 0 N–H and O–H groups in total. The highest BCUT2D eigenvalue weighted by molar-refractivity contribution is 6.28. The summed E-state index contributed by atoms with van der Waals surface area (Å²) in [5.74, 6) is 2.12. The van der Waals surface area contributed by atoms with Crippen molar-refractivity contribution >= 4 is 34.0 Å². The number of para-hydroxylation sites is 1. The van der Waals surface area contributed by atoms with Crippen molar-refractivity contribution in [2.75, 3.05) is 26.2 Å². The predicted octanol–water partition coefficient (Wildman–Crippen LogP) is 4.07. The van der Waals surface area contributed by atoms with Gasteiger partial charge in [0.05, 0.1) is 25.4 Å². The van der Waals surface area contributed by atoms with Crippen LogP contribution < -0.4 is 14.4 Å². The van der Waals surface area contributed by atoms with Crippen molar-refractivity contribution in [1.29, 1.82) is 0 Å². The van der Waals surface area contributed by atoms with Gasteiger partial charge in [-0.25, -0.2) is 4.98 Å². The highest BCUT2D eigenvalue weighted by Gasteiger charge is 2.16. The molecule has 23 heavy (non-hydrogen) atoms. The summed E-state index contributed by atoms with van der Waals surface area (Å²) in [5.41, 5.74) is 1.65. The lowest BCUT2D eigenvalue weighted by Gasteiger charge is -2.22. The molecule has 6 heteroatoms. The van der Waals surface area contributed by atoms with Crippen molar-refractivity contribution in [3.05, 3.63) is 47.7 Å². The Morgan fingerprint density at radius 1 is 1.00 bits per heavy atom. The Bertz CT molecular complexity index is 854. The number of rotatable bonds is 4. The molecule has 0 bridgehead atoms. The molecule has 2 aromatic carbocycles. The number of halogens is 1. The maximum Gasteiger partial charge on any atom is 0.224 e. The summed E-state index contributed by atoms with van der Waals surface area (Å²) in [6, 6.07) is 13.4. The van der Waals surface area contributed by atoms with Crippen molar-refractivity contribution in [2.45, 2.75) is 0 Å². The molecule has 0 amide bonds. The highest BCUT2D eigenvalue weighted by atomic mass is 35.5. The monoisotopic (exact) mass is 329 g/mol. The summed E-state index contributed by atoms with van der Waals surface area (Å²) in [5, 5.41) is 1.12. The summed E-state index contributed by atoms with van der Waals surface area (Å²) in [4.78, 5) is 10.6. The van der Waals surface area contributed by atoms with Crippen LogP contribution in [0.1, 0.15) is 0 Å². The van der Waals surface area contributed by atoms with Crippen molar-refractivity contribution in [3.8, 4) is 11.5 Å². The van der Waals surface area contributed by atoms with E-state index in [0.29, 0.717) is 11.6 Å². The van der Waals surface area contributed by atoms with Crippen LogP contribution in [0.25, 0.3) is 10.9 Å². The molecule has 1 aromatic heterocycles. The smallest absolute Gasteiger partial charge is 0.224 e. The molecule has 0 saturated carbocycles. The van der Waals surface area contributed by atoms with E-state index < -0.39 is 0 Å². The first-order chi connectivity index (χ1) is 11.1. The Hall–Kier alpha value is -2.53. The third-order valence-corrected chi connectivity index (χ3v) is 3.79. The van der Waals surface area contributed by atoms with Gasteiger partial charge in [0.2, 0.25) is 5.28 Å². The van der Waals surface area contributed by atoms with Gasteiger partial charge >= 0.3 is 0 Å². The first-order valence-corrected chi connectivity index (χ1v) is 7.40. The Kier molecular flexibility index (Phi) is 4.21. The normalized spacial score (nSPS) is 10.6. The average Bonchev–Trinajstić information content (AvgIpc) is 2.59. The highest BCUT2D eigenvalue weighted by Crippen LogP contribution is 2.37. The number of anilines is 2. The summed E-state index contributed by atoms with van der Waals surface area (Å²) >= 11 is 6.08. The zero-order valence-corrected chi connectivity index (χ0v) is 13.8. The van der Waals surface area contributed by atoms with E-state index in [9.17, 15) is 0 Å². The Morgan fingerprint density at radius 3 is 2.52 bits per heavy atom. The van der Waals surface area contributed by atoms with Crippen LogP contribution in [0, 0.1) is 0 Å². The molecule has 5 nitrogen and oxygen atoms in total. The Labute approximate surface area is 139 Å². The molecule has 0 radical (unpaired) electrons. The lowest BCUT2D eigenvalue weighted by atomic mass is 10.2. The number of methoxy groups -OCH3 is 2. The zero-order valence-electron chi connectivity index (χ0n) is 13.1. The second-order valence-electron chi connectivity index (χ2n) is 4.93. The number of hydrogen-bond donors (Lipinski definition) is 0. The quantitative estimate of drug-likeness (QED) is 0.675. The second-order valence-corrected chi connectivity index (χ2v) is 5.27. The van der Waals surface area contributed by atoms with E-state index in [1.807, 2.05) is 54.4 Å². The van der Waals surface area contributed by atoms with Gasteiger partial charge in [0, 0.05) is 18.5 Å². The maximum absolute atomic E-state index is 6.08. The fourth-order valence-corrected chi connectivity index (χ4v) is 2.64. The molecule has 1 heterocycles. The largest absolute Gasteiger partial charge is 0.497 e. The van der Waals surface area contributed by atoms with Crippen molar-refractivity contribution in [3.63, 3.8) is 0 Å². The fraction of sp³-hybridized carbons (Fsp3) is 0.176. The van der Waals surface area contributed by atoms with Gasteiger partial charge in [-0.05, 0) is 35.9 Å². The van der Waals surface area contributed by atoms with Gasteiger partial charge in [0.15, 0.2) is 0 Å². The van der Waals surface area contributed by atoms with Gasteiger partial charge in [-0.2, -0.15) is 4.98 Å². The molecule has 3 rings (SSSR count). The van der Waals surface area contributed by atoms with E-state index in [1.165, 1.54) is 0 Å². The third-order valence-electron chi connectivity index (χ3n) is 3.62. The van der Waals surface area contributed by atoms with Crippen molar-refractivity contribution < 1.29 is 9.47 Å². The van der Waals surface area contributed by atoms with E-state index in [0.717, 1.165) is 22.3 Å². The number of benzene rings is 2. The van der Waals surface area contributed by atoms with E-state index >= 15 is 0 Å². The average molecular weight is 330 g/mol. The lowest BCUT2D eigenvalue weighted by Crippen LogP contribution is -2.13. The molecule has 118 valence electrons. The van der Waals surface area contributed by atoms with Crippen LogP contribution in [0.3, 0.4) is 0 Å². The predicted molar refractivity (Wildman–Crippen MR) is 92.2 cm³/mol. The summed E-state index contributed by atoms with van der Waals surface area (Å²) in [7, 11) is 5.16. The van der Waals surface area contributed by atoms with E-state index in [2.05, 4.69) is 9.97 Å². The Morgan fingerprint density at radius 2 is 1.78 bits per heavy atom. The SMILES string of the molecule is COc1ccc(N(C)c2nc(Cl)nc3ccccc23)c(OC)c1. The van der Waals surface area contributed by atoms with Crippen LogP contribution in [-0.2, 0) is 0 Å². The molecule has 0 aliphatic heterocycles. The second kappa shape index (κ2) is 6.30. The molecule has 0 fully saturated rings. The maximum atomic E-state index is 6.08. The number of fused-ring (bicyclic) bond motifs is 1. The van der Waals surface area contributed by atoms with Gasteiger partial charge < -0.3 is 14.4 Å². The molecule has 0 unspecified atom stereocenters. The van der Waals surface area contributed by atoms with Crippen molar-refractivity contribution in [2.24, 2.45) is 0 Å². The van der Waals surface area contributed by atoms with Gasteiger partial charge in [-0.1, -0.05) is 12.1 Å². The molecule has 0 aliphatic rings. The van der Waals surface area contributed by atoms with E-state index in [4.69, 9.17) is 21.1 Å². The van der Waals surface area contributed by atoms with Crippen molar-refractivity contribution in [1.82, 2.24) is 9.97 Å². The molecule has 0 spiro atoms. The van der Waals surface area contributed by atoms with Gasteiger partial charge in [-0.15, -0.1) is 0 Å². The van der Waals surface area contributed by atoms with Crippen LogP contribution >= 0.6 is 11.6 Å². The third kappa shape index (κ3) is 2.87. The molecular formula is C17H16ClN3O2. The minimum atomic E-state index is 0.207. The van der Waals surface area contributed by atoms with Crippen LogP contribution in [0.4, 0.5) is 11.5 Å². The van der Waals surface area contributed by atoms with Gasteiger partial charge in [-0.3, -0.25) is 0 Å². The summed E-state index contributed by atoms with van der Waals surface area (Å²) in [6.45, 7) is 0. The summed E-state index contributed by atoms with van der Waals surface area (Å²) in [6.07, 6.45) is 0. The van der Waals surface area contributed by atoms with Crippen LogP contribution in [0.15, 0.2) is 42.5 Å². The summed E-state index contributed by atoms with van der Waals surface area (Å²) < 4.78 is 10.7. The zero-order chi connectivity index (χ0) is 16.4. The van der Waals surface area contributed by atoms with E-state index in [-0.39, 0.29) is 5.28 Å². The lowest BCUT2D eigenvalue weighted by molar-refractivity contribution is 0.395. The van der Waals surface area contributed by atoms with Gasteiger partial charge in [0.25, 0.3) is 0 Å². The number of ether oxygens (including phenoxy) is 2. The minimum Gasteiger partial charge on any atom is -0.497 e. The van der Waals surface area contributed by atoms with Crippen LogP contribution in [-0.4, -0.2) is 31.2 Å². The number of hydrogen-bond acceptors (Lipinski definition) is 5. The minimum absolute atomic E-state index is 0.207. The molecule has 0 saturated heterocycles. The first-order valence-electron chi connectivity index (χ1n) is 7.02. The van der Waals surface area contributed by atoms with Crippen LogP contribution in [0.2, 0.25) is 5.28 Å². The van der Waals surface area contributed by atoms with E-state index in [1.54, 1.807) is 14.2 Å². The van der Waals surface area contributed by atoms with Crippen LogP contribution in [0.5, 0.6) is 11.5 Å². The first kappa shape index (κ1) is 15.4. The number of aromatic nitrogens is 2. The molecule has 3 aromatic rings. The topological polar surface area (TPSA) is 47.5 Å². The fourth-order valence-electron chi connectivity index (χ4n) is 2.46. The molecule has 0 atom stereocenters. The molecule has 0 aliphatic carbocycles. The molecular weight excluding hydrogens is 314 g/mol. The Balaban J connectivity index is 2.16.